The van der Waals surface area contributed by atoms with Crippen LogP contribution in [-0.2, 0) is 5.75 Å². The topological polar surface area (TPSA) is 87.7 Å². The number of nitrogens with one attached hydrogen (secondary N) is 1. The summed E-state index contributed by atoms with van der Waals surface area (Å²) in [5.74, 6) is 0.811. The molecule has 7 heteroatoms. The smallest absolute Gasteiger partial charge is 0.244 e. The van der Waals surface area contributed by atoms with Gasteiger partial charge < -0.3 is 10.5 Å². The van der Waals surface area contributed by atoms with Crippen LogP contribution < -0.4 is 10.5 Å². The van der Waals surface area contributed by atoms with Gasteiger partial charge in [0.25, 0.3) is 0 Å². The number of rotatable bonds is 4. The largest absolute Gasteiger partial charge is 0.420 e. The first-order valence-electron chi connectivity index (χ1n) is 8.66. The molecule has 1 aliphatic heterocycles. The van der Waals surface area contributed by atoms with Crippen molar-refractivity contribution in [2.24, 2.45) is 5.73 Å². The number of benzene rings is 2. The molecule has 0 bridgehead atoms. The van der Waals surface area contributed by atoms with Gasteiger partial charge in [-0.15, -0.1) is 16.9 Å². The fourth-order valence-electron chi connectivity index (χ4n) is 3.20. The monoisotopic (exact) mass is 408 g/mol. The highest BCUT2D eigenvalue weighted by Gasteiger charge is 2.35. The fraction of sp³-hybridized carbons (Fsp3) is 0.143. The second kappa shape index (κ2) is 7.63. The Morgan fingerprint density at radius 2 is 1.93 bits per heavy atom. The lowest BCUT2D eigenvalue weighted by molar-refractivity contribution is 0.379. The number of nitrogens with two attached hydrogens (primary N) is 1. The van der Waals surface area contributed by atoms with Gasteiger partial charge in [-0.25, -0.2) is 0 Å². The van der Waals surface area contributed by atoms with Crippen molar-refractivity contribution in [2.45, 2.75) is 23.5 Å². The van der Waals surface area contributed by atoms with Crippen LogP contribution in [0.5, 0.6) is 5.88 Å². The first-order valence-corrected chi connectivity index (χ1v) is 10.0. The van der Waals surface area contributed by atoms with E-state index in [2.05, 4.69) is 47.5 Å². The molecule has 2 heterocycles. The number of nitriles is 1. The summed E-state index contributed by atoms with van der Waals surface area (Å²) in [6.45, 7) is 2.06. The Morgan fingerprint density at radius 3 is 2.61 bits per heavy atom. The van der Waals surface area contributed by atoms with Crippen molar-refractivity contribution < 1.29 is 4.74 Å². The molecule has 28 heavy (non-hydrogen) atoms. The Hall–Kier alpha value is -2.88. The van der Waals surface area contributed by atoms with E-state index in [9.17, 15) is 5.26 Å². The van der Waals surface area contributed by atoms with Crippen molar-refractivity contribution in [3.63, 3.8) is 0 Å². The maximum Gasteiger partial charge on any atom is 0.244 e. The number of allylic oxidation sites excluding steroid dienone is 1. The molecule has 3 N–H and O–H groups in total. The van der Waals surface area contributed by atoms with E-state index in [4.69, 9.17) is 22.1 Å². The third kappa shape index (κ3) is 3.47. The minimum absolute atomic E-state index is 0.0826. The van der Waals surface area contributed by atoms with E-state index in [1.807, 2.05) is 12.1 Å². The summed E-state index contributed by atoms with van der Waals surface area (Å²) in [4.78, 5) is 1.16. The number of aryl methyl sites for hydroxylation is 1. The first kappa shape index (κ1) is 18.5. The van der Waals surface area contributed by atoms with Gasteiger partial charge in [0.1, 0.15) is 11.6 Å². The van der Waals surface area contributed by atoms with Gasteiger partial charge in [0.15, 0.2) is 0 Å². The summed E-state index contributed by atoms with van der Waals surface area (Å²) < 4.78 is 5.62. The van der Waals surface area contributed by atoms with Gasteiger partial charge in [-0.05, 0) is 36.8 Å². The van der Waals surface area contributed by atoms with E-state index >= 15 is 0 Å². The van der Waals surface area contributed by atoms with Crippen molar-refractivity contribution in [1.82, 2.24) is 10.2 Å². The van der Waals surface area contributed by atoms with E-state index in [0.29, 0.717) is 22.2 Å². The second-order valence-electron chi connectivity index (χ2n) is 6.50. The summed E-state index contributed by atoms with van der Waals surface area (Å²) in [7, 11) is 0. The number of hydrogen-bond acceptors (Lipinski definition) is 5. The van der Waals surface area contributed by atoms with Gasteiger partial charge >= 0.3 is 0 Å². The van der Waals surface area contributed by atoms with E-state index in [-0.39, 0.29) is 11.8 Å². The van der Waals surface area contributed by atoms with Crippen LogP contribution in [0.2, 0.25) is 5.02 Å². The Morgan fingerprint density at radius 1 is 1.21 bits per heavy atom. The second-order valence-corrected chi connectivity index (χ2v) is 7.98. The zero-order chi connectivity index (χ0) is 19.7. The lowest BCUT2D eigenvalue weighted by atomic mass is 9.84. The molecule has 0 unspecified atom stereocenters. The molecule has 0 amide bonds. The lowest BCUT2D eigenvalue weighted by Gasteiger charge is -2.24. The van der Waals surface area contributed by atoms with Gasteiger partial charge in [0, 0.05) is 15.7 Å². The van der Waals surface area contributed by atoms with Gasteiger partial charge in [0.05, 0.1) is 17.2 Å². The average molecular weight is 409 g/mol. The fourth-order valence-corrected chi connectivity index (χ4v) is 4.18. The molecule has 0 aliphatic carbocycles. The number of halogens is 1. The highest BCUT2D eigenvalue weighted by molar-refractivity contribution is 7.98. The number of nitrogens with zero attached hydrogens (tertiary/aromatic N) is 2. The van der Waals surface area contributed by atoms with Crippen molar-refractivity contribution in [3.05, 3.63) is 87.4 Å². The molecule has 0 radical (unpaired) electrons. The summed E-state index contributed by atoms with van der Waals surface area (Å²) in [6.07, 6.45) is 0. The highest BCUT2D eigenvalue weighted by Crippen LogP contribution is 2.44. The minimum atomic E-state index is -0.349. The summed E-state index contributed by atoms with van der Waals surface area (Å²) in [5, 5.41) is 17.7. The molecular weight excluding hydrogens is 392 g/mol. The number of aromatic amines is 1. The molecule has 0 fully saturated rings. The van der Waals surface area contributed by atoms with Crippen LogP contribution in [0.25, 0.3) is 0 Å². The van der Waals surface area contributed by atoms with E-state index < -0.39 is 0 Å². The van der Waals surface area contributed by atoms with Gasteiger partial charge in [-0.3, -0.25) is 5.10 Å². The highest BCUT2D eigenvalue weighted by atomic mass is 35.5. The van der Waals surface area contributed by atoms with Crippen LogP contribution in [0.15, 0.2) is 64.9 Å². The number of aromatic nitrogens is 2. The average Bonchev–Trinajstić information content (AvgIpc) is 3.09. The molecule has 2 aromatic carbocycles. The number of ether oxygens (including phenoxy) is 1. The zero-order valence-electron chi connectivity index (χ0n) is 15.1. The van der Waals surface area contributed by atoms with Crippen LogP contribution in [0, 0.1) is 18.3 Å². The first-order chi connectivity index (χ1) is 13.6. The molecule has 0 saturated carbocycles. The predicted octanol–water partition coefficient (Wildman–Crippen LogP) is 4.88. The molecule has 1 aliphatic rings. The third-order valence-corrected chi connectivity index (χ3v) is 5.92. The van der Waals surface area contributed by atoms with E-state index in [1.165, 1.54) is 5.56 Å². The SMILES string of the molecule is Cc1ccc(SCc2[nH]nc3c2[C@@H](c2ccc(Cl)cc2)C(C#N)=C(N)O3)cc1. The molecule has 0 spiro atoms. The van der Waals surface area contributed by atoms with Crippen LogP contribution in [-0.4, -0.2) is 10.2 Å². The molecule has 1 aromatic heterocycles. The Labute approximate surface area is 172 Å². The number of hydrogen-bond donors (Lipinski definition) is 2. The van der Waals surface area contributed by atoms with E-state index in [1.54, 1.807) is 23.9 Å². The van der Waals surface area contributed by atoms with Gasteiger partial charge in [-0.2, -0.15) is 5.26 Å². The van der Waals surface area contributed by atoms with Crippen molar-refractivity contribution in [3.8, 4) is 11.9 Å². The van der Waals surface area contributed by atoms with E-state index in [0.717, 1.165) is 21.7 Å². The molecule has 5 nitrogen and oxygen atoms in total. The van der Waals surface area contributed by atoms with Crippen LogP contribution in [0.3, 0.4) is 0 Å². The van der Waals surface area contributed by atoms with Crippen molar-refractivity contribution >= 4 is 23.4 Å². The number of thioether (sulfide) groups is 1. The van der Waals surface area contributed by atoms with Crippen LogP contribution in [0.4, 0.5) is 0 Å². The summed E-state index contributed by atoms with van der Waals surface area (Å²) in [6, 6.07) is 18.0. The van der Waals surface area contributed by atoms with Crippen molar-refractivity contribution in [1.29, 1.82) is 5.26 Å². The predicted molar refractivity (Wildman–Crippen MR) is 110 cm³/mol. The molecular formula is C21H17ClN4OS. The molecule has 140 valence electrons. The van der Waals surface area contributed by atoms with Gasteiger partial charge in [0.2, 0.25) is 11.8 Å². The van der Waals surface area contributed by atoms with Crippen LogP contribution >= 0.6 is 23.4 Å². The van der Waals surface area contributed by atoms with Crippen molar-refractivity contribution in [2.75, 3.05) is 0 Å². The summed E-state index contributed by atoms with van der Waals surface area (Å²) >= 11 is 7.73. The lowest BCUT2D eigenvalue weighted by Crippen LogP contribution is -2.21. The normalized spacial score (nSPS) is 15.7. The Kier molecular flexibility index (Phi) is 5.03. The maximum absolute atomic E-state index is 9.71. The third-order valence-electron chi connectivity index (χ3n) is 4.63. The molecule has 3 aromatic rings. The van der Waals surface area contributed by atoms with Crippen LogP contribution in [0.1, 0.15) is 28.3 Å². The Bertz CT molecular complexity index is 1080. The molecule has 4 rings (SSSR count). The number of fused-ring (bicyclic) bond motifs is 1. The standard InChI is InChI=1S/C21H17ClN4OS/c1-12-2-8-15(9-3-12)28-11-17-19-18(13-4-6-14(22)7-5-13)16(10-23)20(24)27-21(19)26-25-17/h2-9,18H,11,24H2,1H3,(H,25,26)/t18-/m0/s1. The zero-order valence-corrected chi connectivity index (χ0v) is 16.6. The molecule has 1 atom stereocenters. The molecule has 0 saturated heterocycles. The minimum Gasteiger partial charge on any atom is -0.420 e. The quantitative estimate of drug-likeness (QED) is 0.600. The van der Waals surface area contributed by atoms with Gasteiger partial charge in [-0.1, -0.05) is 41.4 Å². The summed E-state index contributed by atoms with van der Waals surface area (Å²) in [5.41, 5.74) is 10.3. The maximum atomic E-state index is 9.71. The number of H-pyrrole nitrogens is 1. The Balaban J connectivity index is 1.71.